The van der Waals surface area contributed by atoms with E-state index < -0.39 is 0 Å². The number of aromatic hydroxyl groups is 2. The van der Waals surface area contributed by atoms with Crippen LogP contribution < -0.4 is 5.32 Å². The van der Waals surface area contributed by atoms with Gasteiger partial charge in [0.05, 0.1) is 3.79 Å². The standard InChI is InChI=1S/C12H12BrNO2S/c13-12-4-2-9(17-12)7-14-6-8-1-3-10(15)11(16)5-8/h1-5,14-16H,6-7H2. The minimum absolute atomic E-state index is 0.0804. The number of rotatable bonds is 4. The van der Waals surface area contributed by atoms with Gasteiger partial charge in [-0.05, 0) is 45.8 Å². The molecule has 5 heteroatoms. The van der Waals surface area contributed by atoms with Crippen LogP contribution >= 0.6 is 27.3 Å². The van der Waals surface area contributed by atoms with Crippen LogP contribution in [0.3, 0.4) is 0 Å². The van der Waals surface area contributed by atoms with E-state index in [9.17, 15) is 10.2 Å². The largest absolute Gasteiger partial charge is 0.504 e. The number of hydrogen-bond acceptors (Lipinski definition) is 4. The Bertz CT molecular complexity index is 513. The Hall–Kier alpha value is -1.04. The average Bonchev–Trinajstić information content (AvgIpc) is 2.70. The van der Waals surface area contributed by atoms with Gasteiger partial charge in [-0.25, -0.2) is 0 Å². The van der Waals surface area contributed by atoms with Crippen LogP contribution in [-0.2, 0) is 13.1 Å². The van der Waals surface area contributed by atoms with Crippen LogP contribution in [0.1, 0.15) is 10.4 Å². The zero-order valence-electron chi connectivity index (χ0n) is 8.98. The first kappa shape index (κ1) is 12.4. The molecule has 0 amide bonds. The van der Waals surface area contributed by atoms with Gasteiger partial charge in [-0.1, -0.05) is 6.07 Å². The zero-order valence-corrected chi connectivity index (χ0v) is 11.4. The van der Waals surface area contributed by atoms with Crippen LogP contribution in [0.15, 0.2) is 34.1 Å². The van der Waals surface area contributed by atoms with E-state index in [0.29, 0.717) is 6.54 Å². The van der Waals surface area contributed by atoms with Crippen LogP contribution in [0.5, 0.6) is 11.5 Å². The lowest BCUT2D eigenvalue weighted by atomic mass is 10.2. The highest BCUT2D eigenvalue weighted by atomic mass is 79.9. The predicted molar refractivity (Wildman–Crippen MR) is 72.3 cm³/mol. The molecule has 1 heterocycles. The Morgan fingerprint density at radius 3 is 2.53 bits per heavy atom. The van der Waals surface area contributed by atoms with Crippen molar-refractivity contribution in [1.29, 1.82) is 0 Å². The summed E-state index contributed by atoms with van der Waals surface area (Å²) in [5.74, 6) is -0.167. The molecular formula is C12H12BrNO2S. The SMILES string of the molecule is Oc1ccc(CNCc2ccc(Br)s2)cc1O. The molecule has 2 aromatic rings. The highest BCUT2D eigenvalue weighted by Crippen LogP contribution is 2.25. The fourth-order valence-corrected chi connectivity index (χ4v) is 2.91. The molecule has 0 saturated heterocycles. The molecule has 17 heavy (non-hydrogen) atoms. The van der Waals surface area contributed by atoms with Gasteiger partial charge in [0.2, 0.25) is 0 Å². The van der Waals surface area contributed by atoms with Gasteiger partial charge in [0.15, 0.2) is 11.5 Å². The monoisotopic (exact) mass is 313 g/mol. The quantitative estimate of drug-likeness (QED) is 0.760. The number of thiophene rings is 1. The minimum atomic E-state index is -0.0871. The summed E-state index contributed by atoms with van der Waals surface area (Å²) in [5.41, 5.74) is 0.941. The number of phenols is 2. The van der Waals surface area contributed by atoms with E-state index in [1.807, 2.05) is 6.07 Å². The van der Waals surface area contributed by atoms with E-state index in [1.165, 1.54) is 10.9 Å². The normalized spacial score (nSPS) is 10.6. The summed E-state index contributed by atoms with van der Waals surface area (Å²) in [6.07, 6.45) is 0. The molecule has 0 fully saturated rings. The molecule has 0 aliphatic rings. The van der Waals surface area contributed by atoms with Gasteiger partial charge in [-0.15, -0.1) is 11.3 Å². The van der Waals surface area contributed by atoms with Crippen molar-refractivity contribution in [2.24, 2.45) is 0 Å². The highest BCUT2D eigenvalue weighted by molar-refractivity contribution is 9.11. The molecule has 0 atom stereocenters. The molecule has 0 spiro atoms. The van der Waals surface area contributed by atoms with E-state index in [-0.39, 0.29) is 11.5 Å². The molecule has 0 saturated carbocycles. The summed E-state index contributed by atoms with van der Waals surface area (Å²) in [6, 6.07) is 8.93. The number of hydrogen-bond donors (Lipinski definition) is 3. The zero-order chi connectivity index (χ0) is 12.3. The van der Waals surface area contributed by atoms with Crippen molar-refractivity contribution in [2.45, 2.75) is 13.1 Å². The molecule has 1 aromatic carbocycles. The first-order valence-corrected chi connectivity index (χ1v) is 6.72. The van der Waals surface area contributed by atoms with Crippen LogP contribution in [0.25, 0.3) is 0 Å². The molecular weight excluding hydrogens is 302 g/mol. The lowest BCUT2D eigenvalue weighted by molar-refractivity contribution is 0.403. The summed E-state index contributed by atoms with van der Waals surface area (Å²) in [7, 11) is 0. The van der Waals surface area contributed by atoms with E-state index in [0.717, 1.165) is 15.9 Å². The number of phenolic OH excluding ortho intramolecular Hbond substituents is 2. The minimum Gasteiger partial charge on any atom is -0.504 e. The Kier molecular flexibility index (Phi) is 4.04. The average molecular weight is 314 g/mol. The summed E-state index contributed by atoms with van der Waals surface area (Å²) in [6.45, 7) is 1.45. The highest BCUT2D eigenvalue weighted by Gasteiger charge is 2.01. The van der Waals surface area contributed by atoms with Gasteiger partial charge in [0, 0.05) is 18.0 Å². The van der Waals surface area contributed by atoms with Gasteiger partial charge in [-0.3, -0.25) is 0 Å². The molecule has 0 aliphatic heterocycles. The smallest absolute Gasteiger partial charge is 0.157 e. The van der Waals surface area contributed by atoms with Crippen molar-refractivity contribution in [1.82, 2.24) is 5.32 Å². The number of benzene rings is 1. The number of nitrogens with one attached hydrogen (secondary N) is 1. The van der Waals surface area contributed by atoms with Crippen molar-refractivity contribution in [3.05, 3.63) is 44.6 Å². The number of halogens is 1. The molecule has 0 aliphatic carbocycles. The van der Waals surface area contributed by atoms with Gasteiger partial charge in [0.25, 0.3) is 0 Å². The van der Waals surface area contributed by atoms with Crippen LogP contribution in [-0.4, -0.2) is 10.2 Å². The van der Waals surface area contributed by atoms with Crippen molar-refractivity contribution in [3.63, 3.8) is 0 Å². The van der Waals surface area contributed by atoms with E-state index in [4.69, 9.17) is 0 Å². The Morgan fingerprint density at radius 1 is 1.06 bits per heavy atom. The van der Waals surface area contributed by atoms with Crippen LogP contribution in [0.4, 0.5) is 0 Å². The first-order chi connectivity index (χ1) is 8.15. The summed E-state index contributed by atoms with van der Waals surface area (Å²) in [5, 5.41) is 21.8. The molecule has 1 aromatic heterocycles. The van der Waals surface area contributed by atoms with E-state index in [1.54, 1.807) is 23.5 Å². The second-order valence-electron chi connectivity index (χ2n) is 3.63. The van der Waals surface area contributed by atoms with Gasteiger partial charge < -0.3 is 15.5 Å². The third-order valence-electron chi connectivity index (χ3n) is 2.30. The summed E-state index contributed by atoms with van der Waals surface area (Å²) in [4.78, 5) is 1.25. The Labute approximate surface area is 112 Å². The van der Waals surface area contributed by atoms with Crippen molar-refractivity contribution >= 4 is 27.3 Å². The summed E-state index contributed by atoms with van der Waals surface area (Å²) >= 11 is 5.11. The lowest BCUT2D eigenvalue weighted by Crippen LogP contribution is -2.11. The van der Waals surface area contributed by atoms with Crippen molar-refractivity contribution < 1.29 is 10.2 Å². The lowest BCUT2D eigenvalue weighted by Gasteiger charge is -2.05. The topological polar surface area (TPSA) is 52.5 Å². The molecule has 3 nitrogen and oxygen atoms in total. The fraction of sp³-hybridized carbons (Fsp3) is 0.167. The molecule has 2 rings (SSSR count). The molecule has 0 radical (unpaired) electrons. The van der Waals surface area contributed by atoms with Crippen LogP contribution in [0.2, 0.25) is 0 Å². The van der Waals surface area contributed by atoms with Crippen molar-refractivity contribution in [2.75, 3.05) is 0 Å². The van der Waals surface area contributed by atoms with Gasteiger partial charge in [-0.2, -0.15) is 0 Å². The molecule has 0 unspecified atom stereocenters. The Balaban J connectivity index is 1.87. The second kappa shape index (κ2) is 5.53. The summed E-state index contributed by atoms with van der Waals surface area (Å²) < 4.78 is 1.12. The third-order valence-corrected chi connectivity index (χ3v) is 3.92. The van der Waals surface area contributed by atoms with Crippen molar-refractivity contribution in [3.8, 4) is 11.5 Å². The maximum absolute atomic E-state index is 9.34. The third kappa shape index (κ3) is 3.46. The van der Waals surface area contributed by atoms with E-state index >= 15 is 0 Å². The first-order valence-electron chi connectivity index (χ1n) is 5.11. The fourth-order valence-electron chi connectivity index (χ4n) is 1.46. The van der Waals surface area contributed by atoms with E-state index in [2.05, 4.69) is 27.3 Å². The predicted octanol–water partition coefficient (Wildman–Crippen LogP) is 3.21. The molecule has 3 N–H and O–H groups in total. The second-order valence-corrected chi connectivity index (χ2v) is 6.18. The Morgan fingerprint density at radius 2 is 1.88 bits per heavy atom. The maximum atomic E-state index is 9.34. The van der Waals surface area contributed by atoms with Gasteiger partial charge >= 0.3 is 0 Å². The molecule has 0 bridgehead atoms. The van der Waals surface area contributed by atoms with Crippen LogP contribution in [0, 0.1) is 0 Å². The van der Waals surface area contributed by atoms with Gasteiger partial charge in [0.1, 0.15) is 0 Å². The maximum Gasteiger partial charge on any atom is 0.157 e. The molecule has 90 valence electrons.